The van der Waals surface area contributed by atoms with Crippen LogP contribution in [0.2, 0.25) is 0 Å². The number of rotatable bonds is 5. The Balaban J connectivity index is 2.16. The maximum absolute atomic E-state index is 13.1. The molecule has 18 heavy (non-hydrogen) atoms. The van der Waals surface area contributed by atoms with Crippen molar-refractivity contribution in [3.05, 3.63) is 36.4 Å². The first-order valence-corrected chi connectivity index (χ1v) is 5.71. The molecular formula is C13H15FN2O2. The van der Waals surface area contributed by atoms with E-state index in [1.54, 1.807) is 24.2 Å². The van der Waals surface area contributed by atoms with Crippen molar-refractivity contribution in [2.75, 3.05) is 13.7 Å². The summed E-state index contributed by atoms with van der Waals surface area (Å²) in [6.07, 6.45) is 4.25. The van der Waals surface area contributed by atoms with Crippen molar-refractivity contribution < 1.29 is 14.2 Å². The number of aromatic nitrogens is 2. The summed E-state index contributed by atoms with van der Waals surface area (Å²) in [5.74, 6) is -0.331. The maximum Gasteiger partial charge on any atom is 0.124 e. The Morgan fingerprint density at radius 2 is 2.28 bits per heavy atom. The lowest BCUT2D eigenvalue weighted by Gasteiger charge is -2.02. The molecule has 0 aliphatic carbocycles. The van der Waals surface area contributed by atoms with Crippen LogP contribution in [0.5, 0.6) is 5.75 Å². The molecule has 0 saturated heterocycles. The predicted molar refractivity (Wildman–Crippen MR) is 65.8 cm³/mol. The summed E-state index contributed by atoms with van der Waals surface area (Å²) in [7, 11) is 1.65. The number of aryl methyl sites for hydroxylation is 1. The van der Waals surface area contributed by atoms with E-state index < -0.39 is 0 Å². The van der Waals surface area contributed by atoms with E-state index in [-0.39, 0.29) is 11.6 Å². The fourth-order valence-electron chi connectivity index (χ4n) is 1.74. The second-order valence-corrected chi connectivity index (χ2v) is 4.00. The minimum atomic E-state index is -0.380. The average Bonchev–Trinajstić information content (AvgIpc) is 2.81. The summed E-state index contributed by atoms with van der Waals surface area (Å²) >= 11 is 0. The van der Waals surface area contributed by atoms with E-state index in [0.717, 1.165) is 13.0 Å². The number of ether oxygens (including phenoxy) is 1. The number of nitrogens with zero attached hydrogens (tertiary/aromatic N) is 2. The highest BCUT2D eigenvalue weighted by Gasteiger charge is 2.08. The number of benzene rings is 1. The van der Waals surface area contributed by atoms with Gasteiger partial charge in [0.25, 0.3) is 0 Å². The molecule has 0 bridgehead atoms. The Morgan fingerprint density at radius 3 is 3.06 bits per heavy atom. The van der Waals surface area contributed by atoms with Crippen LogP contribution in [0.1, 0.15) is 6.42 Å². The third kappa shape index (κ3) is 2.87. The largest absolute Gasteiger partial charge is 0.507 e. The van der Waals surface area contributed by atoms with Gasteiger partial charge in [-0.15, -0.1) is 0 Å². The maximum atomic E-state index is 13.1. The lowest BCUT2D eigenvalue weighted by Crippen LogP contribution is -2.01. The van der Waals surface area contributed by atoms with Crippen LogP contribution in [-0.2, 0) is 11.3 Å². The molecule has 0 radical (unpaired) electrons. The monoisotopic (exact) mass is 250 g/mol. The fourth-order valence-corrected chi connectivity index (χ4v) is 1.74. The topological polar surface area (TPSA) is 47.3 Å². The second kappa shape index (κ2) is 5.64. The molecule has 5 heteroatoms. The minimum absolute atomic E-state index is 0.0489. The molecular weight excluding hydrogens is 235 g/mol. The number of phenols is 1. The number of hydrogen-bond acceptors (Lipinski definition) is 3. The first kappa shape index (κ1) is 12.6. The Bertz CT molecular complexity index is 525. The van der Waals surface area contributed by atoms with Gasteiger partial charge in [-0.2, -0.15) is 5.10 Å². The average molecular weight is 250 g/mol. The van der Waals surface area contributed by atoms with Crippen molar-refractivity contribution in [2.45, 2.75) is 13.0 Å². The fraction of sp³-hybridized carbons (Fsp3) is 0.308. The van der Waals surface area contributed by atoms with Crippen LogP contribution in [0, 0.1) is 5.82 Å². The van der Waals surface area contributed by atoms with E-state index in [1.165, 1.54) is 18.2 Å². The molecule has 1 heterocycles. The molecule has 0 spiro atoms. The highest BCUT2D eigenvalue weighted by molar-refractivity contribution is 5.68. The normalized spacial score (nSPS) is 10.8. The van der Waals surface area contributed by atoms with E-state index >= 15 is 0 Å². The molecule has 1 aromatic carbocycles. The number of methoxy groups -OCH3 is 1. The van der Waals surface area contributed by atoms with Crippen LogP contribution in [0.4, 0.5) is 4.39 Å². The Kier molecular flexibility index (Phi) is 3.94. The highest BCUT2D eigenvalue weighted by Crippen LogP contribution is 2.29. The molecule has 0 aliphatic rings. The SMILES string of the molecule is COCCCn1cc(-c2cc(F)ccc2O)cn1. The number of phenolic OH excluding ortho intramolecular Hbond substituents is 1. The standard InChI is InChI=1S/C13H15FN2O2/c1-18-6-2-5-16-9-10(8-15-16)12-7-11(14)3-4-13(12)17/h3-4,7-9,17H,2,5-6H2,1H3. The van der Waals surface area contributed by atoms with E-state index in [1.807, 2.05) is 0 Å². The van der Waals surface area contributed by atoms with Gasteiger partial charge in [0, 0.05) is 37.6 Å². The summed E-state index contributed by atoms with van der Waals surface area (Å²) in [5.41, 5.74) is 1.15. The smallest absolute Gasteiger partial charge is 0.124 e. The number of aromatic hydroxyl groups is 1. The van der Waals surface area contributed by atoms with Crippen LogP contribution in [0.25, 0.3) is 11.1 Å². The van der Waals surface area contributed by atoms with Crippen molar-refractivity contribution in [2.24, 2.45) is 0 Å². The molecule has 1 N–H and O–H groups in total. The van der Waals surface area contributed by atoms with Crippen molar-refractivity contribution >= 4 is 0 Å². The molecule has 0 amide bonds. The van der Waals surface area contributed by atoms with Gasteiger partial charge in [-0.1, -0.05) is 0 Å². The van der Waals surface area contributed by atoms with Crippen molar-refractivity contribution in [1.29, 1.82) is 0 Å². The molecule has 0 atom stereocenters. The molecule has 0 aliphatic heterocycles. The molecule has 0 fully saturated rings. The first-order valence-electron chi connectivity index (χ1n) is 5.71. The molecule has 0 saturated carbocycles. The molecule has 1 aromatic heterocycles. The quantitative estimate of drug-likeness (QED) is 0.829. The third-order valence-corrected chi connectivity index (χ3v) is 2.64. The Morgan fingerprint density at radius 1 is 1.44 bits per heavy atom. The van der Waals surface area contributed by atoms with E-state index in [4.69, 9.17) is 4.74 Å². The molecule has 2 rings (SSSR count). The van der Waals surface area contributed by atoms with Crippen molar-refractivity contribution in [1.82, 2.24) is 9.78 Å². The van der Waals surface area contributed by atoms with Gasteiger partial charge in [-0.05, 0) is 24.6 Å². The van der Waals surface area contributed by atoms with E-state index in [9.17, 15) is 9.50 Å². The molecule has 4 nitrogen and oxygen atoms in total. The van der Waals surface area contributed by atoms with Gasteiger partial charge in [-0.25, -0.2) is 4.39 Å². The van der Waals surface area contributed by atoms with E-state index in [0.29, 0.717) is 17.7 Å². The third-order valence-electron chi connectivity index (χ3n) is 2.64. The molecule has 2 aromatic rings. The van der Waals surface area contributed by atoms with Gasteiger partial charge in [0.2, 0.25) is 0 Å². The zero-order valence-electron chi connectivity index (χ0n) is 10.1. The Labute approximate surface area is 105 Å². The van der Waals surface area contributed by atoms with Gasteiger partial charge in [0.15, 0.2) is 0 Å². The highest BCUT2D eigenvalue weighted by atomic mass is 19.1. The van der Waals surface area contributed by atoms with Gasteiger partial charge in [0.1, 0.15) is 11.6 Å². The summed E-state index contributed by atoms with van der Waals surface area (Å²) in [4.78, 5) is 0. The van der Waals surface area contributed by atoms with Crippen LogP contribution < -0.4 is 0 Å². The summed E-state index contributed by atoms with van der Waals surface area (Å²) in [5, 5.41) is 13.9. The predicted octanol–water partition coefficient (Wildman–Crippen LogP) is 2.43. The van der Waals surface area contributed by atoms with Gasteiger partial charge in [-0.3, -0.25) is 4.68 Å². The van der Waals surface area contributed by atoms with Gasteiger partial charge < -0.3 is 9.84 Å². The first-order chi connectivity index (χ1) is 8.70. The summed E-state index contributed by atoms with van der Waals surface area (Å²) in [6, 6.07) is 3.86. The van der Waals surface area contributed by atoms with E-state index in [2.05, 4.69) is 5.10 Å². The van der Waals surface area contributed by atoms with Crippen LogP contribution in [0.3, 0.4) is 0 Å². The molecule has 96 valence electrons. The van der Waals surface area contributed by atoms with Crippen LogP contribution >= 0.6 is 0 Å². The Hall–Kier alpha value is -1.88. The lowest BCUT2D eigenvalue weighted by atomic mass is 10.1. The lowest BCUT2D eigenvalue weighted by molar-refractivity contribution is 0.189. The summed E-state index contributed by atoms with van der Waals surface area (Å²) < 4.78 is 19.8. The summed E-state index contributed by atoms with van der Waals surface area (Å²) in [6.45, 7) is 1.39. The van der Waals surface area contributed by atoms with Crippen molar-refractivity contribution in [3.8, 4) is 16.9 Å². The number of halogens is 1. The van der Waals surface area contributed by atoms with Crippen LogP contribution in [-0.4, -0.2) is 28.6 Å². The second-order valence-electron chi connectivity index (χ2n) is 4.00. The van der Waals surface area contributed by atoms with Crippen LogP contribution in [0.15, 0.2) is 30.6 Å². The van der Waals surface area contributed by atoms with Gasteiger partial charge in [0.05, 0.1) is 6.20 Å². The van der Waals surface area contributed by atoms with Gasteiger partial charge >= 0.3 is 0 Å². The van der Waals surface area contributed by atoms with Crippen molar-refractivity contribution in [3.63, 3.8) is 0 Å². The zero-order chi connectivity index (χ0) is 13.0. The zero-order valence-corrected chi connectivity index (χ0v) is 10.1. The minimum Gasteiger partial charge on any atom is -0.507 e. The molecule has 0 unspecified atom stereocenters. The number of hydrogen-bond donors (Lipinski definition) is 1.